The molecule has 7 nitrogen and oxygen atoms in total. The summed E-state index contributed by atoms with van der Waals surface area (Å²) in [5, 5.41) is 0. The number of para-hydroxylation sites is 1. The van der Waals surface area contributed by atoms with Crippen LogP contribution in [-0.2, 0) is 6.54 Å². The molecular weight excluding hydrogens is 256 g/mol. The van der Waals surface area contributed by atoms with Crippen molar-refractivity contribution in [1.29, 1.82) is 0 Å². The Morgan fingerprint density at radius 1 is 1.15 bits per heavy atom. The summed E-state index contributed by atoms with van der Waals surface area (Å²) >= 11 is 0. The normalized spacial score (nSPS) is 11.1. The maximum Gasteiger partial charge on any atom is 0.335 e. The van der Waals surface area contributed by atoms with Gasteiger partial charge in [0.2, 0.25) is 0 Å². The molecular formula is C13H14N6O. The van der Waals surface area contributed by atoms with Gasteiger partial charge in [-0.15, -0.1) is 0 Å². The average Bonchev–Trinajstić information content (AvgIpc) is 2.75. The monoisotopic (exact) mass is 270 g/mol. The van der Waals surface area contributed by atoms with Crippen LogP contribution in [0.3, 0.4) is 0 Å². The van der Waals surface area contributed by atoms with Gasteiger partial charge in [0.05, 0.1) is 5.69 Å². The second kappa shape index (κ2) is 4.78. The molecule has 3 rings (SSSR count). The number of fused-ring (bicyclic) bond motifs is 1. The highest BCUT2D eigenvalue weighted by Gasteiger charge is 2.17. The number of nitrogens with zero attached hydrogens (tertiary/aromatic N) is 4. The van der Waals surface area contributed by atoms with Gasteiger partial charge in [-0.25, -0.2) is 14.8 Å². The molecule has 0 fully saturated rings. The Morgan fingerprint density at radius 2 is 1.90 bits per heavy atom. The van der Waals surface area contributed by atoms with E-state index in [1.54, 1.807) is 0 Å². The number of benzene rings is 1. The van der Waals surface area contributed by atoms with Crippen molar-refractivity contribution >= 4 is 17.0 Å². The lowest BCUT2D eigenvalue weighted by Gasteiger charge is -2.03. The quantitative estimate of drug-likeness (QED) is 0.703. The summed E-state index contributed by atoms with van der Waals surface area (Å²) < 4.78 is 3.03. The van der Waals surface area contributed by atoms with Crippen molar-refractivity contribution in [2.45, 2.75) is 6.54 Å². The van der Waals surface area contributed by atoms with Crippen LogP contribution in [0.25, 0.3) is 16.9 Å². The van der Waals surface area contributed by atoms with E-state index in [4.69, 9.17) is 11.5 Å². The SMILES string of the molecule is NCCn1c(=O)n(-c2ccccc2)c2c(N)ncnc21. The molecule has 0 spiro atoms. The van der Waals surface area contributed by atoms with Gasteiger partial charge in [0.1, 0.15) is 11.8 Å². The number of rotatable bonds is 3. The van der Waals surface area contributed by atoms with Crippen LogP contribution in [0.4, 0.5) is 5.82 Å². The molecule has 20 heavy (non-hydrogen) atoms. The van der Waals surface area contributed by atoms with E-state index >= 15 is 0 Å². The molecule has 3 aromatic rings. The summed E-state index contributed by atoms with van der Waals surface area (Å²) in [7, 11) is 0. The van der Waals surface area contributed by atoms with Crippen molar-refractivity contribution in [2.75, 3.05) is 12.3 Å². The topological polar surface area (TPSA) is 105 Å². The smallest absolute Gasteiger partial charge is 0.335 e. The lowest BCUT2D eigenvalue weighted by atomic mass is 10.3. The van der Waals surface area contributed by atoms with Crippen LogP contribution in [-0.4, -0.2) is 25.6 Å². The Kier molecular flexibility index (Phi) is 2.96. The summed E-state index contributed by atoms with van der Waals surface area (Å²) in [6.45, 7) is 0.726. The van der Waals surface area contributed by atoms with E-state index in [0.29, 0.717) is 24.3 Å². The minimum atomic E-state index is -0.219. The van der Waals surface area contributed by atoms with Crippen molar-refractivity contribution in [3.63, 3.8) is 0 Å². The fraction of sp³-hybridized carbons (Fsp3) is 0.154. The number of imidazole rings is 1. The zero-order valence-corrected chi connectivity index (χ0v) is 10.7. The molecule has 1 aromatic carbocycles. The van der Waals surface area contributed by atoms with Crippen LogP contribution in [0.2, 0.25) is 0 Å². The van der Waals surface area contributed by atoms with Crippen molar-refractivity contribution < 1.29 is 0 Å². The van der Waals surface area contributed by atoms with E-state index in [1.165, 1.54) is 15.5 Å². The maximum atomic E-state index is 12.6. The average molecular weight is 270 g/mol. The van der Waals surface area contributed by atoms with Crippen molar-refractivity contribution in [1.82, 2.24) is 19.1 Å². The Labute approximate surface area is 114 Å². The Morgan fingerprint density at radius 3 is 2.60 bits per heavy atom. The van der Waals surface area contributed by atoms with Crippen molar-refractivity contribution in [3.05, 3.63) is 47.1 Å². The molecule has 0 amide bonds. The van der Waals surface area contributed by atoms with Crippen LogP contribution in [0.15, 0.2) is 41.5 Å². The van der Waals surface area contributed by atoms with Crippen LogP contribution >= 0.6 is 0 Å². The predicted molar refractivity (Wildman–Crippen MR) is 76.6 cm³/mol. The van der Waals surface area contributed by atoms with E-state index in [2.05, 4.69) is 9.97 Å². The van der Waals surface area contributed by atoms with Crippen LogP contribution in [0.1, 0.15) is 0 Å². The summed E-state index contributed by atoms with van der Waals surface area (Å²) in [5.41, 5.74) is 13.0. The fourth-order valence-corrected chi connectivity index (χ4v) is 2.25. The first kappa shape index (κ1) is 12.4. The Balaban J connectivity index is 2.43. The highest BCUT2D eigenvalue weighted by atomic mass is 16.1. The largest absolute Gasteiger partial charge is 0.382 e. The molecule has 7 heteroatoms. The van der Waals surface area contributed by atoms with E-state index in [-0.39, 0.29) is 11.5 Å². The minimum Gasteiger partial charge on any atom is -0.382 e. The molecule has 0 saturated carbocycles. The van der Waals surface area contributed by atoms with Gasteiger partial charge in [-0.1, -0.05) is 18.2 Å². The highest BCUT2D eigenvalue weighted by molar-refractivity contribution is 5.83. The number of aromatic nitrogens is 4. The first-order valence-corrected chi connectivity index (χ1v) is 6.21. The number of anilines is 1. The molecule has 102 valence electrons. The third-order valence-corrected chi connectivity index (χ3v) is 3.10. The second-order valence-electron chi connectivity index (χ2n) is 4.32. The molecule has 2 heterocycles. The van der Waals surface area contributed by atoms with Crippen LogP contribution in [0.5, 0.6) is 0 Å². The lowest BCUT2D eigenvalue weighted by Crippen LogP contribution is -2.26. The predicted octanol–water partition coefficient (Wildman–Crippen LogP) is 0.123. The molecule has 0 bridgehead atoms. The summed E-state index contributed by atoms with van der Waals surface area (Å²) in [5.74, 6) is 0.270. The minimum absolute atomic E-state index is 0.219. The second-order valence-corrected chi connectivity index (χ2v) is 4.32. The van der Waals surface area contributed by atoms with E-state index in [1.807, 2.05) is 30.3 Å². The van der Waals surface area contributed by atoms with Gasteiger partial charge in [0, 0.05) is 13.1 Å². The zero-order chi connectivity index (χ0) is 14.1. The molecule has 0 atom stereocenters. The van der Waals surface area contributed by atoms with Crippen molar-refractivity contribution in [3.8, 4) is 5.69 Å². The van der Waals surface area contributed by atoms with Gasteiger partial charge >= 0.3 is 5.69 Å². The van der Waals surface area contributed by atoms with E-state index in [9.17, 15) is 4.79 Å². The van der Waals surface area contributed by atoms with Crippen molar-refractivity contribution in [2.24, 2.45) is 5.73 Å². The fourth-order valence-electron chi connectivity index (χ4n) is 2.25. The molecule has 0 aliphatic rings. The number of hydrogen-bond acceptors (Lipinski definition) is 5. The van der Waals surface area contributed by atoms with Gasteiger partial charge < -0.3 is 11.5 Å². The maximum absolute atomic E-state index is 12.6. The summed E-state index contributed by atoms with van der Waals surface area (Å²) in [4.78, 5) is 20.7. The number of nitrogens with two attached hydrogens (primary N) is 2. The molecule has 0 aliphatic carbocycles. The first-order chi connectivity index (χ1) is 9.74. The van der Waals surface area contributed by atoms with E-state index in [0.717, 1.165) is 5.69 Å². The van der Waals surface area contributed by atoms with Gasteiger partial charge in [-0.05, 0) is 12.1 Å². The van der Waals surface area contributed by atoms with Crippen LogP contribution < -0.4 is 17.2 Å². The summed E-state index contributed by atoms with van der Waals surface area (Å²) in [6.07, 6.45) is 1.35. The molecule has 4 N–H and O–H groups in total. The zero-order valence-electron chi connectivity index (χ0n) is 10.7. The van der Waals surface area contributed by atoms with Gasteiger partial charge in [0.15, 0.2) is 11.5 Å². The molecule has 2 aromatic heterocycles. The Bertz CT molecular complexity index is 805. The van der Waals surface area contributed by atoms with Gasteiger partial charge in [0.25, 0.3) is 0 Å². The highest BCUT2D eigenvalue weighted by Crippen LogP contribution is 2.19. The lowest BCUT2D eigenvalue weighted by molar-refractivity contribution is 0.684. The molecule has 0 aliphatic heterocycles. The molecule has 0 radical (unpaired) electrons. The third kappa shape index (κ3) is 1.76. The third-order valence-electron chi connectivity index (χ3n) is 3.10. The van der Waals surface area contributed by atoms with Gasteiger partial charge in [-0.2, -0.15) is 0 Å². The molecule has 0 unspecified atom stereocenters. The summed E-state index contributed by atoms with van der Waals surface area (Å²) in [6, 6.07) is 9.26. The number of hydrogen-bond donors (Lipinski definition) is 2. The Hall–Kier alpha value is -2.67. The number of nitrogen functional groups attached to an aromatic ring is 1. The first-order valence-electron chi connectivity index (χ1n) is 6.21. The van der Waals surface area contributed by atoms with E-state index < -0.39 is 0 Å². The molecule has 0 saturated heterocycles. The van der Waals surface area contributed by atoms with Crippen LogP contribution in [0, 0.1) is 0 Å². The van der Waals surface area contributed by atoms with Gasteiger partial charge in [-0.3, -0.25) is 9.13 Å². The standard InChI is InChI=1S/C13H14N6O/c14-6-7-18-12-10(11(15)16-8-17-12)19(13(18)20)9-4-2-1-3-5-9/h1-5,8H,6-7,14H2,(H2,15,16,17).